The minimum Gasteiger partial charge on any atom is -0.354 e. The maximum atomic E-state index is 11.5. The van der Waals surface area contributed by atoms with Crippen LogP contribution in [0.4, 0.5) is 0 Å². The van der Waals surface area contributed by atoms with Gasteiger partial charge in [0.15, 0.2) is 0 Å². The summed E-state index contributed by atoms with van der Waals surface area (Å²) in [6.07, 6.45) is 4.53. The number of carbonyl (C=O) groups is 1. The van der Waals surface area contributed by atoms with Crippen LogP contribution >= 0.6 is 0 Å². The molecule has 0 spiro atoms. The minimum atomic E-state index is 0.0920. The predicted molar refractivity (Wildman–Crippen MR) is 103 cm³/mol. The number of amides is 1. The van der Waals surface area contributed by atoms with Crippen molar-refractivity contribution < 1.29 is 4.79 Å². The summed E-state index contributed by atoms with van der Waals surface area (Å²) in [5.74, 6) is 0.701. The Hall–Kier alpha value is -2.25. The Kier molecular flexibility index (Phi) is 5.79. The zero-order valence-electron chi connectivity index (χ0n) is 15.8. The van der Waals surface area contributed by atoms with Crippen molar-refractivity contribution in [3.05, 3.63) is 47.8 Å². The van der Waals surface area contributed by atoms with E-state index in [-0.39, 0.29) is 5.91 Å². The van der Waals surface area contributed by atoms with Crippen LogP contribution in [0.25, 0.3) is 0 Å². The molecule has 144 valence electrons. The van der Waals surface area contributed by atoms with E-state index < -0.39 is 0 Å². The Labute approximate surface area is 160 Å². The molecule has 3 heterocycles. The first-order chi connectivity index (χ1) is 13.2. The molecule has 7 heteroatoms. The van der Waals surface area contributed by atoms with Crippen LogP contribution in [0, 0.1) is 5.92 Å². The van der Waals surface area contributed by atoms with E-state index in [1.807, 2.05) is 10.9 Å². The molecule has 0 saturated carbocycles. The molecule has 2 fully saturated rings. The van der Waals surface area contributed by atoms with Gasteiger partial charge in [0.25, 0.3) is 0 Å². The molecule has 1 aromatic carbocycles. The van der Waals surface area contributed by atoms with E-state index in [0.29, 0.717) is 25.6 Å². The van der Waals surface area contributed by atoms with Gasteiger partial charge in [-0.25, -0.2) is 0 Å². The lowest BCUT2D eigenvalue weighted by Gasteiger charge is -2.32. The summed E-state index contributed by atoms with van der Waals surface area (Å²) in [6.45, 7) is 6.95. The quantitative estimate of drug-likeness (QED) is 0.828. The molecule has 1 unspecified atom stereocenters. The van der Waals surface area contributed by atoms with Gasteiger partial charge in [-0.3, -0.25) is 19.3 Å². The van der Waals surface area contributed by atoms with Gasteiger partial charge in [-0.2, -0.15) is 0 Å². The third-order valence-electron chi connectivity index (χ3n) is 5.39. The molecule has 2 aliphatic rings. The van der Waals surface area contributed by atoms with Gasteiger partial charge in [0.05, 0.1) is 12.2 Å². The van der Waals surface area contributed by atoms with Gasteiger partial charge in [-0.15, -0.1) is 5.10 Å². The maximum Gasteiger partial charge on any atom is 0.234 e. The van der Waals surface area contributed by atoms with E-state index >= 15 is 0 Å². The SMILES string of the molecule is O=C1CN(Cc2cn(CC3CCCN(Cc4ccccc4)C3)nn2)CCN1. The zero-order valence-corrected chi connectivity index (χ0v) is 15.8. The van der Waals surface area contributed by atoms with E-state index in [2.05, 4.69) is 55.8 Å². The van der Waals surface area contributed by atoms with Crippen LogP contribution in [0.2, 0.25) is 0 Å². The Morgan fingerprint density at radius 3 is 2.85 bits per heavy atom. The molecule has 2 aliphatic heterocycles. The van der Waals surface area contributed by atoms with E-state index in [9.17, 15) is 4.79 Å². The zero-order chi connectivity index (χ0) is 18.5. The van der Waals surface area contributed by atoms with E-state index in [1.54, 1.807) is 0 Å². The van der Waals surface area contributed by atoms with Gasteiger partial charge < -0.3 is 5.32 Å². The lowest BCUT2D eigenvalue weighted by atomic mass is 9.97. The second-order valence-electron chi connectivity index (χ2n) is 7.72. The van der Waals surface area contributed by atoms with Crippen LogP contribution < -0.4 is 5.32 Å². The van der Waals surface area contributed by atoms with Gasteiger partial charge in [0.1, 0.15) is 0 Å². The van der Waals surface area contributed by atoms with Crippen LogP contribution in [-0.4, -0.2) is 63.4 Å². The lowest BCUT2D eigenvalue weighted by Crippen LogP contribution is -2.47. The fourth-order valence-electron chi connectivity index (χ4n) is 4.11. The van der Waals surface area contributed by atoms with Crippen molar-refractivity contribution in [2.75, 3.05) is 32.7 Å². The smallest absolute Gasteiger partial charge is 0.234 e. The molecule has 0 aliphatic carbocycles. The van der Waals surface area contributed by atoms with Crippen molar-refractivity contribution in [3.63, 3.8) is 0 Å². The summed E-state index contributed by atoms with van der Waals surface area (Å²) < 4.78 is 1.98. The number of benzene rings is 1. The van der Waals surface area contributed by atoms with Gasteiger partial charge >= 0.3 is 0 Å². The van der Waals surface area contributed by atoms with Gasteiger partial charge in [0.2, 0.25) is 5.91 Å². The van der Waals surface area contributed by atoms with E-state index in [1.165, 1.54) is 24.9 Å². The van der Waals surface area contributed by atoms with Crippen molar-refractivity contribution in [1.82, 2.24) is 30.1 Å². The number of piperidine rings is 1. The van der Waals surface area contributed by atoms with Crippen molar-refractivity contribution in [3.8, 4) is 0 Å². The average molecular weight is 368 g/mol. The molecule has 1 amide bonds. The number of carbonyl (C=O) groups excluding carboxylic acids is 1. The topological polar surface area (TPSA) is 66.3 Å². The van der Waals surface area contributed by atoms with Crippen molar-refractivity contribution in [2.45, 2.75) is 32.5 Å². The first kappa shape index (κ1) is 18.1. The number of hydrogen-bond donors (Lipinski definition) is 1. The first-order valence-electron chi connectivity index (χ1n) is 9.89. The average Bonchev–Trinajstić information content (AvgIpc) is 3.10. The second-order valence-corrected chi connectivity index (χ2v) is 7.72. The number of nitrogens with one attached hydrogen (secondary N) is 1. The Morgan fingerprint density at radius 1 is 1.11 bits per heavy atom. The molecule has 0 radical (unpaired) electrons. The number of nitrogens with zero attached hydrogens (tertiary/aromatic N) is 5. The highest BCUT2D eigenvalue weighted by Crippen LogP contribution is 2.20. The highest BCUT2D eigenvalue weighted by molar-refractivity contribution is 5.78. The monoisotopic (exact) mass is 368 g/mol. The lowest BCUT2D eigenvalue weighted by molar-refractivity contribution is -0.124. The molecule has 2 saturated heterocycles. The van der Waals surface area contributed by atoms with Crippen molar-refractivity contribution in [1.29, 1.82) is 0 Å². The van der Waals surface area contributed by atoms with Gasteiger partial charge in [-0.1, -0.05) is 35.5 Å². The third kappa shape index (κ3) is 5.14. The molecule has 1 atom stereocenters. The number of hydrogen-bond acceptors (Lipinski definition) is 5. The number of aromatic nitrogens is 3. The summed E-state index contributed by atoms with van der Waals surface area (Å²) >= 11 is 0. The molecule has 0 bridgehead atoms. The third-order valence-corrected chi connectivity index (χ3v) is 5.39. The van der Waals surface area contributed by atoms with E-state index in [4.69, 9.17) is 0 Å². The largest absolute Gasteiger partial charge is 0.354 e. The van der Waals surface area contributed by atoms with E-state index in [0.717, 1.165) is 31.9 Å². The van der Waals surface area contributed by atoms with Gasteiger partial charge in [-0.05, 0) is 30.9 Å². The predicted octanol–water partition coefficient (Wildman–Crippen LogP) is 1.12. The summed E-state index contributed by atoms with van der Waals surface area (Å²) in [5.41, 5.74) is 2.33. The first-order valence-corrected chi connectivity index (χ1v) is 9.89. The second kappa shape index (κ2) is 8.63. The minimum absolute atomic E-state index is 0.0920. The highest BCUT2D eigenvalue weighted by Gasteiger charge is 2.22. The molecule has 4 rings (SSSR count). The highest BCUT2D eigenvalue weighted by atomic mass is 16.2. The molecular weight excluding hydrogens is 340 g/mol. The Bertz CT molecular complexity index is 746. The Morgan fingerprint density at radius 2 is 2.00 bits per heavy atom. The fourth-order valence-corrected chi connectivity index (χ4v) is 4.11. The summed E-state index contributed by atoms with van der Waals surface area (Å²) in [6, 6.07) is 10.7. The fraction of sp³-hybridized carbons (Fsp3) is 0.550. The van der Waals surface area contributed by atoms with Crippen LogP contribution in [0.3, 0.4) is 0 Å². The number of piperazine rings is 1. The summed E-state index contributed by atoms with van der Waals surface area (Å²) in [4.78, 5) is 16.2. The van der Waals surface area contributed by atoms with Crippen LogP contribution in [0.5, 0.6) is 0 Å². The molecule has 1 aromatic heterocycles. The molecular formula is C20H28N6O. The van der Waals surface area contributed by atoms with Crippen molar-refractivity contribution in [2.24, 2.45) is 5.92 Å². The van der Waals surface area contributed by atoms with Crippen LogP contribution in [-0.2, 0) is 24.4 Å². The summed E-state index contributed by atoms with van der Waals surface area (Å²) in [5, 5.41) is 11.5. The van der Waals surface area contributed by atoms with Crippen LogP contribution in [0.15, 0.2) is 36.5 Å². The summed E-state index contributed by atoms with van der Waals surface area (Å²) in [7, 11) is 0. The number of rotatable bonds is 6. The van der Waals surface area contributed by atoms with Crippen LogP contribution in [0.1, 0.15) is 24.1 Å². The molecule has 7 nitrogen and oxygen atoms in total. The van der Waals surface area contributed by atoms with Gasteiger partial charge in [0, 0.05) is 45.5 Å². The maximum absolute atomic E-state index is 11.5. The Balaban J connectivity index is 1.28. The standard InChI is InChI=1S/C20H28N6O/c27-20-16-25(10-8-21-20)14-19-15-26(23-22-19)13-18-7-4-9-24(12-18)11-17-5-2-1-3-6-17/h1-3,5-6,15,18H,4,7-14,16H2,(H,21,27). The molecule has 1 N–H and O–H groups in total. The molecule has 2 aromatic rings. The molecule has 27 heavy (non-hydrogen) atoms. The number of likely N-dealkylation sites (tertiary alicyclic amines) is 1. The normalized spacial score (nSPS) is 21.9. The van der Waals surface area contributed by atoms with Crippen molar-refractivity contribution >= 4 is 5.91 Å².